The molecule has 3 nitrogen and oxygen atoms in total. The highest BCUT2D eigenvalue weighted by atomic mass is 35.5. The average molecular weight is 306 g/mol. The van der Waals surface area contributed by atoms with Crippen molar-refractivity contribution >= 4 is 23.2 Å². The first-order valence-electron chi connectivity index (χ1n) is 6.34. The molecule has 0 saturated carbocycles. The first-order chi connectivity index (χ1) is 9.21. The van der Waals surface area contributed by atoms with Gasteiger partial charge in [-0.3, -0.25) is 0 Å². The van der Waals surface area contributed by atoms with Crippen molar-refractivity contribution in [2.75, 3.05) is 32.0 Å². The zero-order valence-corrected chi connectivity index (χ0v) is 12.9. The van der Waals surface area contributed by atoms with Crippen LogP contribution in [-0.4, -0.2) is 37.6 Å². The number of rotatable bonds is 9. The summed E-state index contributed by atoms with van der Waals surface area (Å²) in [6.07, 6.45) is 0.884. The van der Waals surface area contributed by atoms with Crippen LogP contribution in [-0.2, 0) is 0 Å². The number of methoxy groups -OCH3 is 1. The molecule has 5 heteroatoms. The minimum atomic E-state index is -0.215. The zero-order valence-electron chi connectivity index (χ0n) is 11.4. The van der Waals surface area contributed by atoms with Gasteiger partial charge in [0.15, 0.2) is 11.5 Å². The molecule has 0 bridgehead atoms. The molecule has 1 rings (SSSR count). The molecular weight excluding hydrogens is 285 g/mol. The van der Waals surface area contributed by atoms with E-state index in [0.29, 0.717) is 24.9 Å². The molecule has 0 saturated heterocycles. The summed E-state index contributed by atoms with van der Waals surface area (Å²) >= 11 is 11.9. The maximum Gasteiger partial charge on any atom is 0.161 e. The molecule has 0 unspecified atom stereocenters. The predicted molar refractivity (Wildman–Crippen MR) is 81.0 cm³/mol. The Balaban J connectivity index is 2.42. The van der Waals surface area contributed by atoms with Gasteiger partial charge in [0.2, 0.25) is 0 Å². The van der Waals surface area contributed by atoms with Crippen LogP contribution in [0.3, 0.4) is 0 Å². The monoisotopic (exact) mass is 305 g/mol. The third kappa shape index (κ3) is 4.75. The fraction of sp³-hybridized carbons (Fsp3) is 0.571. The molecule has 0 fully saturated rings. The third-order valence-electron chi connectivity index (χ3n) is 3.12. The van der Waals surface area contributed by atoms with Crippen LogP contribution in [0.15, 0.2) is 24.3 Å². The Bertz CT molecular complexity index is 362. The van der Waals surface area contributed by atoms with Gasteiger partial charge in [-0.2, -0.15) is 0 Å². The lowest BCUT2D eigenvalue weighted by molar-refractivity contribution is 0.270. The summed E-state index contributed by atoms with van der Waals surface area (Å²) in [4.78, 5) is 0. The number of nitrogens with one attached hydrogen (secondary N) is 1. The van der Waals surface area contributed by atoms with Crippen LogP contribution in [0.1, 0.15) is 13.3 Å². The molecule has 0 amide bonds. The Hall–Kier alpha value is -0.640. The van der Waals surface area contributed by atoms with Gasteiger partial charge in [-0.1, -0.05) is 19.1 Å². The fourth-order valence-corrected chi connectivity index (χ4v) is 2.51. The van der Waals surface area contributed by atoms with Crippen molar-refractivity contribution < 1.29 is 9.47 Å². The minimum absolute atomic E-state index is 0.215. The standard InChI is InChI=1S/C14H21Cl2NO2/c1-3-14(10-15,11-16)17-8-9-19-13-7-5-4-6-12(13)18-2/h4-7,17H,3,8-11H2,1-2H3. The summed E-state index contributed by atoms with van der Waals surface area (Å²) < 4.78 is 10.9. The van der Waals surface area contributed by atoms with Gasteiger partial charge >= 0.3 is 0 Å². The van der Waals surface area contributed by atoms with Gasteiger partial charge in [0.25, 0.3) is 0 Å². The SMILES string of the molecule is CCC(CCl)(CCl)NCCOc1ccccc1OC. The Labute approximate surface area is 125 Å². The molecule has 0 aliphatic rings. The second kappa shape index (κ2) is 8.51. The van der Waals surface area contributed by atoms with E-state index in [1.54, 1.807) is 7.11 Å². The second-order valence-corrected chi connectivity index (χ2v) is 4.86. The van der Waals surface area contributed by atoms with E-state index in [-0.39, 0.29) is 5.54 Å². The van der Waals surface area contributed by atoms with E-state index in [0.717, 1.165) is 17.9 Å². The van der Waals surface area contributed by atoms with Crippen LogP contribution in [0.2, 0.25) is 0 Å². The zero-order chi connectivity index (χ0) is 14.1. The first kappa shape index (κ1) is 16.4. The summed E-state index contributed by atoms with van der Waals surface area (Å²) in [6.45, 7) is 3.29. The van der Waals surface area contributed by atoms with E-state index in [4.69, 9.17) is 32.7 Å². The molecular formula is C14H21Cl2NO2. The van der Waals surface area contributed by atoms with E-state index in [1.807, 2.05) is 24.3 Å². The minimum Gasteiger partial charge on any atom is -0.493 e. The van der Waals surface area contributed by atoms with Crippen LogP contribution >= 0.6 is 23.2 Å². The van der Waals surface area contributed by atoms with Crippen molar-refractivity contribution in [1.82, 2.24) is 5.32 Å². The molecule has 1 aromatic rings. The number of hydrogen-bond acceptors (Lipinski definition) is 3. The van der Waals surface area contributed by atoms with Gasteiger partial charge in [0, 0.05) is 23.8 Å². The lowest BCUT2D eigenvalue weighted by Crippen LogP contribution is -2.49. The Morgan fingerprint density at radius 3 is 2.32 bits per heavy atom. The normalized spacial score (nSPS) is 11.4. The first-order valence-corrected chi connectivity index (χ1v) is 7.41. The molecule has 0 atom stereocenters. The number of alkyl halides is 2. The molecule has 0 aliphatic carbocycles. The lowest BCUT2D eigenvalue weighted by Gasteiger charge is -2.29. The molecule has 0 radical (unpaired) electrons. The van der Waals surface area contributed by atoms with Crippen molar-refractivity contribution in [3.63, 3.8) is 0 Å². The maximum absolute atomic E-state index is 5.96. The topological polar surface area (TPSA) is 30.5 Å². The van der Waals surface area contributed by atoms with Gasteiger partial charge in [0.05, 0.1) is 7.11 Å². The third-order valence-corrected chi connectivity index (χ3v) is 4.14. The van der Waals surface area contributed by atoms with E-state index in [2.05, 4.69) is 12.2 Å². The van der Waals surface area contributed by atoms with Crippen molar-refractivity contribution in [3.8, 4) is 11.5 Å². The van der Waals surface area contributed by atoms with E-state index in [1.165, 1.54) is 0 Å². The smallest absolute Gasteiger partial charge is 0.161 e. The van der Waals surface area contributed by atoms with Crippen LogP contribution in [0.5, 0.6) is 11.5 Å². The van der Waals surface area contributed by atoms with Gasteiger partial charge in [-0.05, 0) is 18.6 Å². The molecule has 0 aliphatic heterocycles. The molecule has 0 heterocycles. The summed E-state index contributed by atoms with van der Waals surface area (Å²) in [6, 6.07) is 7.58. The Morgan fingerprint density at radius 1 is 1.16 bits per heavy atom. The van der Waals surface area contributed by atoms with Crippen LogP contribution in [0, 0.1) is 0 Å². The van der Waals surface area contributed by atoms with Gasteiger partial charge in [-0.15, -0.1) is 23.2 Å². The van der Waals surface area contributed by atoms with Crippen LogP contribution in [0.25, 0.3) is 0 Å². The number of para-hydroxylation sites is 2. The van der Waals surface area contributed by atoms with Crippen molar-refractivity contribution in [2.24, 2.45) is 0 Å². The molecule has 1 N–H and O–H groups in total. The summed E-state index contributed by atoms with van der Waals surface area (Å²) in [7, 11) is 1.63. The van der Waals surface area contributed by atoms with E-state index < -0.39 is 0 Å². The highest BCUT2D eigenvalue weighted by Gasteiger charge is 2.24. The maximum atomic E-state index is 5.96. The summed E-state index contributed by atoms with van der Waals surface area (Å²) in [5.74, 6) is 2.45. The average Bonchev–Trinajstić information content (AvgIpc) is 2.48. The van der Waals surface area contributed by atoms with Crippen LogP contribution < -0.4 is 14.8 Å². The lowest BCUT2D eigenvalue weighted by atomic mass is 10.0. The Morgan fingerprint density at radius 2 is 1.79 bits per heavy atom. The van der Waals surface area contributed by atoms with Crippen molar-refractivity contribution in [2.45, 2.75) is 18.9 Å². The van der Waals surface area contributed by atoms with E-state index in [9.17, 15) is 0 Å². The van der Waals surface area contributed by atoms with Crippen LogP contribution in [0.4, 0.5) is 0 Å². The van der Waals surface area contributed by atoms with Gasteiger partial charge < -0.3 is 14.8 Å². The number of ether oxygens (including phenoxy) is 2. The largest absolute Gasteiger partial charge is 0.493 e. The number of benzene rings is 1. The van der Waals surface area contributed by atoms with Crippen molar-refractivity contribution in [3.05, 3.63) is 24.3 Å². The van der Waals surface area contributed by atoms with Crippen molar-refractivity contribution in [1.29, 1.82) is 0 Å². The highest BCUT2D eigenvalue weighted by Crippen LogP contribution is 2.25. The Kier molecular flexibility index (Phi) is 7.36. The second-order valence-electron chi connectivity index (χ2n) is 4.33. The van der Waals surface area contributed by atoms with Gasteiger partial charge in [-0.25, -0.2) is 0 Å². The summed E-state index contributed by atoms with van der Waals surface area (Å²) in [5.41, 5.74) is -0.215. The van der Waals surface area contributed by atoms with E-state index >= 15 is 0 Å². The molecule has 0 spiro atoms. The summed E-state index contributed by atoms with van der Waals surface area (Å²) in [5, 5.41) is 3.36. The fourth-order valence-electron chi connectivity index (χ4n) is 1.66. The highest BCUT2D eigenvalue weighted by molar-refractivity contribution is 6.22. The quantitative estimate of drug-likeness (QED) is 0.561. The molecule has 0 aromatic heterocycles. The van der Waals surface area contributed by atoms with Gasteiger partial charge in [0.1, 0.15) is 6.61 Å². The molecule has 108 valence electrons. The molecule has 19 heavy (non-hydrogen) atoms. The number of hydrogen-bond donors (Lipinski definition) is 1. The molecule has 1 aromatic carbocycles. The number of halogens is 2. The predicted octanol–water partition coefficient (Wildman–Crippen LogP) is 3.29.